The third-order valence-corrected chi connectivity index (χ3v) is 7.11. The number of hydrogen-bond acceptors (Lipinski definition) is 6. The number of hydrogen-bond donors (Lipinski definition) is 1. The maximum Gasteiger partial charge on any atom is 0.330 e. The molecule has 4 rings (SSSR count). The van der Waals surface area contributed by atoms with Crippen LogP contribution in [0.4, 0.5) is 5.69 Å². The lowest BCUT2D eigenvalue weighted by atomic mass is 9.93. The van der Waals surface area contributed by atoms with E-state index in [4.69, 9.17) is 4.99 Å². The van der Waals surface area contributed by atoms with Gasteiger partial charge in [0, 0.05) is 45.4 Å². The summed E-state index contributed by atoms with van der Waals surface area (Å²) in [6.45, 7) is 11.5. The summed E-state index contributed by atoms with van der Waals surface area (Å²) in [6.07, 6.45) is 1.71. The fraction of sp³-hybridized carbons (Fsp3) is 0.379. The van der Waals surface area contributed by atoms with Gasteiger partial charge in [0.1, 0.15) is 5.49 Å². The first-order chi connectivity index (χ1) is 18.0. The standard InChI is InChI=1S/C29H36N6O3/c1-18-12-21(4)28(22(5)13-18)31-26-16-25-24-15-20(3)19(2)14-23(24)8-10-33(25)29(36)34(26)11-9-30-27(32(6)7)17-35(37)38/h12-17,30H,8-11H2,1-7H3/b27-17-,31-26+. The lowest BCUT2D eigenvalue weighted by Crippen LogP contribution is -2.44. The van der Waals surface area contributed by atoms with Crippen molar-refractivity contribution >= 4 is 5.69 Å². The Morgan fingerprint density at radius 3 is 2.34 bits per heavy atom. The zero-order valence-corrected chi connectivity index (χ0v) is 23.3. The Morgan fingerprint density at radius 1 is 1.05 bits per heavy atom. The van der Waals surface area contributed by atoms with Crippen molar-refractivity contribution in [2.45, 2.75) is 54.1 Å². The number of rotatable bonds is 7. The van der Waals surface area contributed by atoms with E-state index in [2.05, 4.69) is 50.4 Å². The highest BCUT2D eigenvalue weighted by molar-refractivity contribution is 5.67. The monoisotopic (exact) mass is 516 g/mol. The lowest BCUT2D eigenvalue weighted by molar-refractivity contribution is -0.404. The summed E-state index contributed by atoms with van der Waals surface area (Å²) >= 11 is 0. The Hall–Kier alpha value is -4.14. The lowest BCUT2D eigenvalue weighted by Gasteiger charge is -2.25. The SMILES string of the molecule is Cc1cc(C)c(/N=c2\cc3n(c(=O)n2CCN/C(=C/[N+](=O)[O-])N(C)C)CCc2cc(C)c(C)cc2-3)c(C)c1. The first-order valence-corrected chi connectivity index (χ1v) is 12.8. The number of fused-ring (bicyclic) bond motifs is 3. The van der Waals surface area contributed by atoms with Crippen LogP contribution in [0.25, 0.3) is 11.3 Å². The molecule has 2 heterocycles. The number of nitrogens with one attached hydrogen (secondary N) is 1. The van der Waals surface area contributed by atoms with Gasteiger partial charge < -0.3 is 10.2 Å². The van der Waals surface area contributed by atoms with Gasteiger partial charge in [-0.1, -0.05) is 23.8 Å². The summed E-state index contributed by atoms with van der Waals surface area (Å²) in [6, 6.07) is 10.6. The van der Waals surface area contributed by atoms with E-state index < -0.39 is 4.92 Å². The molecule has 2 aromatic carbocycles. The molecule has 1 N–H and O–H groups in total. The van der Waals surface area contributed by atoms with Crippen molar-refractivity contribution in [2.75, 3.05) is 20.6 Å². The number of benzene rings is 2. The van der Waals surface area contributed by atoms with Gasteiger partial charge in [0.15, 0.2) is 5.82 Å². The van der Waals surface area contributed by atoms with Crippen LogP contribution in [-0.4, -0.2) is 39.6 Å². The summed E-state index contributed by atoms with van der Waals surface area (Å²) in [7, 11) is 3.46. The van der Waals surface area contributed by atoms with Crippen molar-refractivity contribution in [3.05, 3.63) is 102 Å². The molecule has 3 aromatic rings. The Kier molecular flexibility index (Phi) is 7.57. The summed E-state index contributed by atoms with van der Waals surface area (Å²) in [4.78, 5) is 31.1. The predicted molar refractivity (Wildman–Crippen MR) is 150 cm³/mol. The minimum Gasteiger partial charge on any atom is -0.365 e. The van der Waals surface area contributed by atoms with Crippen LogP contribution in [0.15, 0.2) is 52.1 Å². The van der Waals surface area contributed by atoms with Crippen LogP contribution >= 0.6 is 0 Å². The molecule has 1 aliphatic rings. The molecule has 0 atom stereocenters. The number of nitrogens with zero attached hydrogens (tertiary/aromatic N) is 5. The van der Waals surface area contributed by atoms with Gasteiger partial charge in [-0.25, -0.2) is 9.79 Å². The molecular weight excluding hydrogens is 480 g/mol. The molecule has 0 spiro atoms. The molecule has 0 saturated heterocycles. The summed E-state index contributed by atoms with van der Waals surface area (Å²) < 4.78 is 3.49. The van der Waals surface area contributed by atoms with E-state index in [1.165, 1.54) is 16.7 Å². The minimum absolute atomic E-state index is 0.140. The van der Waals surface area contributed by atoms with E-state index >= 15 is 0 Å². The topological polar surface area (TPSA) is 97.7 Å². The van der Waals surface area contributed by atoms with Crippen LogP contribution in [0, 0.1) is 44.7 Å². The molecule has 38 heavy (non-hydrogen) atoms. The van der Waals surface area contributed by atoms with E-state index in [1.54, 1.807) is 23.6 Å². The third kappa shape index (κ3) is 5.41. The van der Waals surface area contributed by atoms with Crippen molar-refractivity contribution in [3.8, 4) is 11.3 Å². The average molecular weight is 517 g/mol. The normalized spacial score (nSPS) is 13.2. The molecule has 0 amide bonds. The number of aromatic nitrogens is 2. The maximum atomic E-state index is 13.9. The highest BCUT2D eigenvalue weighted by atomic mass is 16.6. The Balaban J connectivity index is 1.89. The second kappa shape index (κ2) is 10.7. The Bertz CT molecular complexity index is 1550. The zero-order valence-electron chi connectivity index (χ0n) is 23.3. The van der Waals surface area contributed by atoms with Crippen molar-refractivity contribution in [2.24, 2.45) is 4.99 Å². The number of nitro groups is 1. The minimum atomic E-state index is -0.492. The molecule has 9 heteroatoms. The van der Waals surface area contributed by atoms with Gasteiger partial charge in [-0.2, -0.15) is 0 Å². The van der Waals surface area contributed by atoms with Crippen LogP contribution in [0.3, 0.4) is 0 Å². The van der Waals surface area contributed by atoms with Crippen LogP contribution in [0.2, 0.25) is 0 Å². The Labute approximate surface area is 222 Å². The summed E-state index contributed by atoms with van der Waals surface area (Å²) in [5.41, 5.74) is 10.1. The molecule has 1 aromatic heterocycles. The largest absolute Gasteiger partial charge is 0.365 e. The van der Waals surface area contributed by atoms with E-state index in [9.17, 15) is 14.9 Å². The molecule has 0 unspecified atom stereocenters. The molecular formula is C29H36N6O3. The average Bonchev–Trinajstić information content (AvgIpc) is 2.82. The second-order valence-electron chi connectivity index (χ2n) is 10.3. The molecule has 0 radical (unpaired) electrons. The first kappa shape index (κ1) is 26.9. The van der Waals surface area contributed by atoms with E-state index in [0.29, 0.717) is 30.9 Å². The van der Waals surface area contributed by atoms with E-state index in [-0.39, 0.29) is 5.69 Å². The molecule has 0 saturated carbocycles. The van der Waals surface area contributed by atoms with Gasteiger partial charge in [-0.05, 0) is 74.9 Å². The van der Waals surface area contributed by atoms with Crippen molar-refractivity contribution < 1.29 is 4.92 Å². The van der Waals surface area contributed by atoms with Crippen LogP contribution in [0.1, 0.15) is 33.4 Å². The smallest absolute Gasteiger partial charge is 0.330 e. The fourth-order valence-corrected chi connectivity index (χ4v) is 5.10. The van der Waals surface area contributed by atoms with Gasteiger partial charge in [0.2, 0.25) is 0 Å². The third-order valence-electron chi connectivity index (χ3n) is 7.11. The Morgan fingerprint density at radius 2 is 1.71 bits per heavy atom. The molecule has 200 valence electrons. The molecule has 1 aliphatic heterocycles. The molecule has 0 bridgehead atoms. The second-order valence-corrected chi connectivity index (χ2v) is 10.3. The van der Waals surface area contributed by atoms with Gasteiger partial charge in [-0.15, -0.1) is 0 Å². The molecule has 0 aliphatic carbocycles. The molecule has 0 fully saturated rings. The van der Waals surface area contributed by atoms with E-state index in [0.717, 1.165) is 46.3 Å². The highest BCUT2D eigenvalue weighted by Gasteiger charge is 2.21. The maximum absolute atomic E-state index is 13.9. The van der Waals surface area contributed by atoms with Gasteiger partial charge in [0.25, 0.3) is 6.20 Å². The van der Waals surface area contributed by atoms with Gasteiger partial charge in [-0.3, -0.25) is 19.2 Å². The van der Waals surface area contributed by atoms with Crippen molar-refractivity contribution in [1.82, 2.24) is 19.4 Å². The summed E-state index contributed by atoms with van der Waals surface area (Å²) in [5, 5.41) is 14.1. The highest BCUT2D eigenvalue weighted by Crippen LogP contribution is 2.30. The molecule has 9 nitrogen and oxygen atoms in total. The summed E-state index contributed by atoms with van der Waals surface area (Å²) in [5.74, 6) is 0.358. The zero-order chi connectivity index (χ0) is 27.7. The first-order valence-electron chi connectivity index (χ1n) is 12.8. The predicted octanol–water partition coefficient (Wildman–Crippen LogP) is 3.87. The van der Waals surface area contributed by atoms with Crippen LogP contribution in [0.5, 0.6) is 0 Å². The van der Waals surface area contributed by atoms with E-state index in [1.807, 2.05) is 24.5 Å². The van der Waals surface area contributed by atoms with Crippen molar-refractivity contribution in [3.63, 3.8) is 0 Å². The quantitative estimate of drug-likeness (QED) is 0.380. The van der Waals surface area contributed by atoms with Crippen molar-refractivity contribution in [1.29, 1.82) is 0 Å². The van der Waals surface area contributed by atoms with Gasteiger partial charge in [0.05, 0.1) is 16.3 Å². The van der Waals surface area contributed by atoms with Gasteiger partial charge >= 0.3 is 5.69 Å². The fourth-order valence-electron chi connectivity index (χ4n) is 5.10. The number of aryl methyl sites for hydroxylation is 6. The van der Waals surface area contributed by atoms with Crippen LogP contribution < -0.4 is 16.5 Å². The van der Waals surface area contributed by atoms with Crippen LogP contribution in [-0.2, 0) is 19.5 Å².